The molecule has 6 nitrogen and oxygen atoms in total. The molecule has 1 heterocycles. The lowest BCUT2D eigenvalue weighted by molar-refractivity contribution is -0.115. The molecule has 1 aromatic carbocycles. The van der Waals surface area contributed by atoms with Gasteiger partial charge < -0.3 is 10.4 Å². The van der Waals surface area contributed by atoms with E-state index in [0.29, 0.717) is 24.4 Å². The number of carbonyl (C=O) groups excluding carboxylic acids is 1. The van der Waals surface area contributed by atoms with Crippen LogP contribution in [0.5, 0.6) is 0 Å². The van der Waals surface area contributed by atoms with Gasteiger partial charge in [0.1, 0.15) is 17.2 Å². The minimum atomic E-state index is -1.11. The first kappa shape index (κ1) is 15.9. The van der Waals surface area contributed by atoms with Gasteiger partial charge in [0.15, 0.2) is 5.78 Å². The minimum Gasteiger partial charge on any atom is -0.477 e. The highest BCUT2D eigenvalue weighted by Gasteiger charge is 2.19. The van der Waals surface area contributed by atoms with E-state index in [1.807, 2.05) is 0 Å². The Labute approximate surface area is 137 Å². The highest BCUT2D eigenvalue weighted by atomic mass is 19.1. The molecule has 0 saturated heterocycles. The zero-order chi connectivity index (χ0) is 17.1. The maximum atomic E-state index is 13.0. The van der Waals surface area contributed by atoms with Gasteiger partial charge in [-0.15, -0.1) is 0 Å². The molecule has 1 aliphatic carbocycles. The van der Waals surface area contributed by atoms with Crippen LogP contribution in [-0.4, -0.2) is 26.6 Å². The van der Waals surface area contributed by atoms with Crippen molar-refractivity contribution in [1.29, 1.82) is 0 Å². The third-order valence-electron chi connectivity index (χ3n) is 3.80. The molecule has 0 unspecified atom stereocenters. The van der Waals surface area contributed by atoms with Gasteiger partial charge in [0, 0.05) is 18.2 Å². The second-order valence-corrected chi connectivity index (χ2v) is 5.61. The largest absolute Gasteiger partial charge is 0.477 e. The molecule has 24 heavy (non-hydrogen) atoms. The van der Waals surface area contributed by atoms with Crippen LogP contribution < -0.4 is 5.32 Å². The van der Waals surface area contributed by atoms with Crippen molar-refractivity contribution < 1.29 is 19.1 Å². The molecule has 0 fully saturated rings. The van der Waals surface area contributed by atoms with Crippen LogP contribution in [-0.2, 0) is 11.3 Å². The Morgan fingerprint density at radius 3 is 2.71 bits per heavy atom. The normalized spacial score (nSPS) is 14.4. The van der Waals surface area contributed by atoms with E-state index in [2.05, 4.69) is 10.4 Å². The Hall–Kier alpha value is -2.96. The number of carboxylic acids is 1. The summed E-state index contributed by atoms with van der Waals surface area (Å²) >= 11 is 0. The standard InChI is InChI=1S/C17H16FN3O3/c18-12-6-4-11(5-7-12)10-21-16(15(9-19-21)17(23)24)20-13-2-1-3-14(22)8-13/h4-9,20H,1-3,10H2,(H,23,24). The number of ketones is 1. The van der Waals surface area contributed by atoms with Crippen molar-refractivity contribution in [1.82, 2.24) is 9.78 Å². The smallest absolute Gasteiger partial charge is 0.341 e. The second kappa shape index (κ2) is 6.66. The summed E-state index contributed by atoms with van der Waals surface area (Å²) in [5.41, 5.74) is 1.49. The molecule has 0 amide bonds. The van der Waals surface area contributed by atoms with E-state index < -0.39 is 5.97 Å². The molecule has 0 radical (unpaired) electrons. The summed E-state index contributed by atoms with van der Waals surface area (Å²) in [5, 5.41) is 16.5. The molecule has 1 aromatic heterocycles. The zero-order valence-corrected chi connectivity index (χ0v) is 12.8. The monoisotopic (exact) mass is 329 g/mol. The summed E-state index contributed by atoms with van der Waals surface area (Å²) in [5.74, 6) is -1.11. The van der Waals surface area contributed by atoms with Crippen LogP contribution in [0.2, 0.25) is 0 Å². The number of hydrogen-bond donors (Lipinski definition) is 2. The Bertz CT molecular complexity index is 809. The van der Waals surface area contributed by atoms with E-state index in [1.165, 1.54) is 29.1 Å². The third kappa shape index (κ3) is 3.51. The molecule has 2 N–H and O–H groups in total. The quantitative estimate of drug-likeness (QED) is 0.881. The van der Waals surface area contributed by atoms with Gasteiger partial charge in [-0.1, -0.05) is 12.1 Å². The molecule has 0 saturated carbocycles. The number of rotatable bonds is 5. The first-order chi connectivity index (χ1) is 11.5. The van der Waals surface area contributed by atoms with Crippen LogP contribution >= 0.6 is 0 Å². The van der Waals surface area contributed by atoms with Gasteiger partial charge in [0.05, 0.1) is 12.7 Å². The average Bonchev–Trinajstić information content (AvgIpc) is 2.92. The summed E-state index contributed by atoms with van der Waals surface area (Å²) in [4.78, 5) is 22.9. The molecule has 0 atom stereocenters. The average molecular weight is 329 g/mol. The highest BCUT2D eigenvalue weighted by molar-refractivity contribution is 5.94. The Morgan fingerprint density at radius 2 is 2.04 bits per heavy atom. The lowest BCUT2D eigenvalue weighted by Crippen LogP contribution is -2.15. The lowest BCUT2D eigenvalue weighted by Gasteiger charge is -2.16. The number of carbonyl (C=O) groups is 2. The van der Waals surface area contributed by atoms with E-state index in [0.717, 1.165) is 12.0 Å². The number of benzene rings is 1. The van der Waals surface area contributed by atoms with Gasteiger partial charge in [-0.3, -0.25) is 4.79 Å². The Kier molecular flexibility index (Phi) is 4.41. The minimum absolute atomic E-state index is 0.0187. The number of nitrogens with one attached hydrogen (secondary N) is 1. The number of halogens is 1. The van der Waals surface area contributed by atoms with Gasteiger partial charge in [-0.2, -0.15) is 5.10 Å². The molecule has 0 bridgehead atoms. The number of carboxylic acid groups (broad SMARTS) is 1. The summed E-state index contributed by atoms with van der Waals surface area (Å²) < 4.78 is 14.5. The van der Waals surface area contributed by atoms with Gasteiger partial charge >= 0.3 is 5.97 Å². The van der Waals surface area contributed by atoms with Gasteiger partial charge in [0.2, 0.25) is 0 Å². The number of nitrogens with zero attached hydrogens (tertiary/aromatic N) is 2. The fraction of sp³-hybridized carbons (Fsp3) is 0.235. The van der Waals surface area contributed by atoms with Crippen molar-refractivity contribution in [3.05, 3.63) is 59.2 Å². The molecule has 2 aromatic rings. The van der Waals surface area contributed by atoms with Crippen LogP contribution in [0.1, 0.15) is 35.2 Å². The van der Waals surface area contributed by atoms with Gasteiger partial charge in [-0.05, 0) is 30.5 Å². The predicted molar refractivity (Wildman–Crippen MR) is 85.3 cm³/mol. The number of allylic oxidation sites excluding steroid dienone is 2. The maximum Gasteiger partial charge on any atom is 0.341 e. The van der Waals surface area contributed by atoms with Crippen molar-refractivity contribution in [3.8, 4) is 0 Å². The summed E-state index contributed by atoms with van der Waals surface area (Å²) in [6, 6.07) is 5.91. The molecular formula is C17H16FN3O3. The number of hydrogen-bond acceptors (Lipinski definition) is 4. The van der Waals surface area contributed by atoms with Crippen molar-refractivity contribution in [2.24, 2.45) is 0 Å². The third-order valence-corrected chi connectivity index (χ3v) is 3.80. The fourth-order valence-corrected chi connectivity index (χ4v) is 2.60. The molecule has 7 heteroatoms. The van der Waals surface area contributed by atoms with Crippen molar-refractivity contribution in [2.75, 3.05) is 5.32 Å². The molecule has 1 aliphatic rings. The van der Waals surface area contributed by atoms with Gasteiger partial charge in [-0.25, -0.2) is 13.9 Å². The van der Waals surface area contributed by atoms with Gasteiger partial charge in [0.25, 0.3) is 0 Å². The maximum absolute atomic E-state index is 13.0. The predicted octanol–water partition coefficient (Wildman–Crippen LogP) is 2.82. The highest BCUT2D eigenvalue weighted by Crippen LogP contribution is 2.23. The Morgan fingerprint density at radius 1 is 1.29 bits per heavy atom. The second-order valence-electron chi connectivity index (χ2n) is 5.61. The first-order valence-corrected chi connectivity index (χ1v) is 7.57. The van der Waals surface area contributed by atoms with E-state index in [-0.39, 0.29) is 23.7 Å². The zero-order valence-electron chi connectivity index (χ0n) is 12.8. The lowest BCUT2D eigenvalue weighted by atomic mass is 10.0. The topological polar surface area (TPSA) is 84.2 Å². The van der Waals surface area contributed by atoms with Crippen LogP contribution in [0.25, 0.3) is 0 Å². The van der Waals surface area contributed by atoms with Crippen molar-refractivity contribution in [2.45, 2.75) is 25.8 Å². The van der Waals surface area contributed by atoms with E-state index >= 15 is 0 Å². The van der Waals surface area contributed by atoms with Crippen molar-refractivity contribution >= 4 is 17.6 Å². The number of anilines is 1. The molecular weight excluding hydrogens is 313 g/mol. The molecule has 0 spiro atoms. The SMILES string of the molecule is O=C1C=C(Nc2c(C(=O)O)cnn2Cc2ccc(F)cc2)CCC1. The fourth-order valence-electron chi connectivity index (χ4n) is 2.60. The van der Waals surface area contributed by atoms with Crippen molar-refractivity contribution in [3.63, 3.8) is 0 Å². The molecule has 124 valence electrons. The first-order valence-electron chi connectivity index (χ1n) is 7.57. The Balaban J connectivity index is 1.90. The van der Waals surface area contributed by atoms with Crippen LogP contribution in [0.3, 0.4) is 0 Å². The summed E-state index contributed by atoms with van der Waals surface area (Å²) in [6.07, 6.45) is 4.67. The van der Waals surface area contributed by atoms with E-state index in [1.54, 1.807) is 12.1 Å². The van der Waals surface area contributed by atoms with E-state index in [4.69, 9.17) is 0 Å². The van der Waals surface area contributed by atoms with Crippen LogP contribution in [0, 0.1) is 5.82 Å². The molecule has 0 aliphatic heterocycles. The summed E-state index contributed by atoms with van der Waals surface area (Å²) in [6.45, 7) is 0.289. The summed E-state index contributed by atoms with van der Waals surface area (Å²) in [7, 11) is 0. The van der Waals surface area contributed by atoms with E-state index in [9.17, 15) is 19.1 Å². The van der Waals surface area contributed by atoms with Crippen LogP contribution in [0.15, 0.2) is 42.2 Å². The molecule has 3 rings (SSSR count). The number of aromatic carboxylic acids is 1. The number of aromatic nitrogens is 2. The van der Waals surface area contributed by atoms with Crippen LogP contribution in [0.4, 0.5) is 10.2 Å².